The second-order valence-electron chi connectivity index (χ2n) is 7.70. The number of benzene rings is 2. The van der Waals surface area contributed by atoms with Crippen molar-refractivity contribution >= 4 is 32.6 Å². The van der Waals surface area contributed by atoms with Gasteiger partial charge in [-0.1, -0.05) is 11.3 Å². The first-order valence-electron chi connectivity index (χ1n) is 10.0. The smallest absolute Gasteiger partial charge is 0.416 e. The van der Waals surface area contributed by atoms with E-state index in [4.69, 9.17) is 9.47 Å². The van der Waals surface area contributed by atoms with Crippen LogP contribution in [0.15, 0.2) is 30.3 Å². The number of fused-ring (bicyclic) bond motifs is 1. The first-order valence-corrected chi connectivity index (χ1v) is 10.9. The lowest BCUT2D eigenvalue weighted by Gasteiger charge is -2.23. The van der Waals surface area contributed by atoms with E-state index < -0.39 is 35.0 Å². The number of anilines is 1. The van der Waals surface area contributed by atoms with Crippen molar-refractivity contribution in [3.63, 3.8) is 0 Å². The van der Waals surface area contributed by atoms with E-state index >= 15 is 0 Å². The van der Waals surface area contributed by atoms with Gasteiger partial charge in [0.25, 0.3) is 5.91 Å². The third kappa shape index (κ3) is 5.78. The zero-order valence-corrected chi connectivity index (χ0v) is 19.9. The summed E-state index contributed by atoms with van der Waals surface area (Å²) in [4.78, 5) is 20.6. The molecule has 0 aliphatic rings. The van der Waals surface area contributed by atoms with Crippen LogP contribution in [0.3, 0.4) is 0 Å². The second-order valence-corrected chi connectivity index (χ2v) is 8.68. The molecule has 0 radical (unpaired) electrons. The summed E-state index contributed by atoms with van der Waals surface area (Å²) in [5.74, 6) is -0.273. The van der Waals surface area contributed by atoms with Crippen LogP contribution in [0.4, 0.5) is 31.5 Å². The molecule has 0 atom stereocenters. The van der Waals surface area contributed by atoms with Gasteiger partial charge in [-0.2, -0.15) is 26.3 Å². The van der Waals surface area contributed by atoms with E-state index in [1.165, 1.54) is 14.2 Å². The predicted molar refractivity (Wildman–Crippen MR) is 119 cm³/mol. The molecule has 1 aromatic heterocycles. The van der Waals surface area contributed by atoms with E-state index in [-0.39, 0.29) is 24.3 Å². The van der Waals surface area contributed by atoms with Crippen molar-refractivity contribution < 1.29 is 40.6 Å². The van der Waals surface area contributed by atoms with E-state index in [0.717, 1.165) is 16.2 Å². The minimum atomic E-state index is -5.08. The molecule has 0 fully saturated rings. The van der Waals surface area contributed by atoms with Gasteiger partial charge >= 0.3 is 12.4 Å². The van der Waals surface area contributed by atoms with Gasteiger partial charge in [-0.25, -0.2) is 4.98 Å². The zero-order valence-electron chi connectivity index (χ0n) is 19.0. The van der Waals surface area contributed by atoms with Gasteiger partial charge in [0, 0.05) is 18.7 Å². The normalized spacial score (nSPS) is 12.3. The van der Waals surface area contributed by atoms with E-state index in [0.29, 0.717) is 33.8 Å². The number of hydrogen-bond acceptors (Lipinski definition) is 6. The molecule has 0 N–H and O–H groups in total. The van der Waals surface area contributed by atoms with Crippen LogP contribution in [-0.2, 0) is 12.4 Å². The van der Waals surface area contributed by atoms with Crippen molar-refractivity contribution in [3.8, 4) is 11.5 Å². The van der Waals surface area contributed by atoms with E-state index in [1.54, 1.807) is 31.1 Å². The molecule has 0 saturated carbocycles. The Morgan fingerprint density at radius 3 is 1.94 bits per heavy atom. The van der Waals surface area contributed by atoms with Gasteiger partial charge in [0.1, 0.15) is 21.7 Å². The monoisotopic (exact) mass is 521 g/mol. The Bertz CT molecular complexity index is 1150. The number of carbonyl (C=O) groups excluding carboxylic acids is 1. The number of alkyl halides is 6. The van der Waals surface area contributed by atoms with Crippen LogP contribution >= 0.6 is 11.3 Å². The molecule has 0 aliphatic heterocycles. The number of thiazole rings is 1. The summed E-state index contributed by atoms with van der Waals surface area (Å²) in [6.07, 6.45) is -10.2. The number of rotatable bonds is 7. The molecule has 1 heterocycles. The number of methoxy groups -OCH3 is 2. The van der Waals surface area contributed by atoms with Crippen LogP contribution < -0.4 is 14.4 Å². The van der Waals surface area contributed by atoms with Gasteiger partial charge in [0.2, 0.25) is 0 Å². The molecule has 3 aromatic rings. The Morgan fingerprint density at radius 2 is 1.46 bits per heavy atom. The Hall–Kier alpha value is -3.06. The topological polar surface area (TPSA) is 54.9 Å². The summed E-state index contributed by atoms with van der Waals surface area (Å²) in [6.45, 7) is 0.217. The fourth-order valence-corrected chi connectivity index (χ4v) is 4.31. The maximum atomic E-state index is 13.4. The Kier molecular flexibility index (Phi) is 7.50. The van der Waals surface area contributed by atoms with E-state index in [2.05, 4.69) is 4.98 Å². The average Bonchev–Trinajstić information content (AvgIpc) is 3.21. The number of ether oxygens (including phenoxy) is 2. The van der Waals surface area contributed by atoms with Crippen LogP contribution in [-0.4, -0.2) is 57.2 Å². The maximum Gasteiger partial charge on any atom is 0.416 e. The lowest BCUT2D eigenvalue weighted by molar-refractivity contribution is -0.143. The fraction of sp³-hybridized carbons (Fsp3) is 0.364. The quantitative estimate of drug-likeness (QED) is 0.381. The van der Waals surface area contributed by atoms with Crippen LogP contribution in [0.5, 0.6) is 11.5 Å². The Balaban J connectivity index is 2.18. The van der Waals surface area contributed by atoms with Crippen LogP contribution in [0.1, 0.15) is 21.5 Å². The van der Waals surface area contributed by atoms with Gasteiger partial charge in [0.15, 0.2) is 5.13 Å². The van der Waals surface area contributed by atoms with Crippen LogP contribution in [0, 0.1) is 0 Å². The van der Waals surface area contributed by atoms with Crippen molar-refractivity contribution in [1.82, 2.24) is 9.88 Å². The summed E-state index contributed by atoms with van der Waals surface area (Å²) in [6, 6.07) is 4.02. The van der Waals surface area contributed by atoms with Crippen molar-refractivity contribution in [2.45, 2.75) is 12.4 Å². The third-order valence-corrected chi connectivity index (χ3v) is 6.07. The average molecular weight is 521 g/mol. The number of amides is 1. The maximum absolute atomic E-state index is 13.4. The lowest BCUT2D eigenvalue weighted by Crippen LogP contribution is -2.37. The first-order chi connectivity index (χ1) is 16.3. The summed E-state index contributed by atoms with van der Waals surface area (Å²) in [7, 11) is 6.26. The third-order valence-electron chi connectivity index (χ3n) is 4.98. The van der Waals surface area contributed by atoms with Gasteiger partial charge in [-0.15, -0.1) is 0 Å². The summed E-state index contributed by atoms with van der Waals surface area (Å²) >= 11 is 1.01. The molecule has 6 nitrogen and oxygen atoms in total. The van der Waals surface area contributed by atoms with Crippen molar-refractivity contribution in [3.05, 3.63) is 47.0 Å². The lowest BCUT2D eigenvalue weighted by atomic mass is 10.0. The van der Waals surface area contributed by atoms with E-state index in [1.807, 2.05) is 0 Å². The molecule has 0 bridgehead atoms. The highest BCUT2D eigenvalue weighted by molar-refractivity contribution is 7.22. The number of carbonyl (C=O) groups is 1. The largest absolute Gasteiger partial charge is 0.495 e. The molecule has 35 heavy (non-hydrogen) atoms. The SMILES string of the molecule is COc1ccc(OC)c2sc(N(CCN(C)C)C(=O)c3cc(C(F)(F)F)cc(C(F)(F)F)c3)nc12. The Morgan fingerprint density at radius 1 is 0.914 bits per heavy atom. The number of hydrogen-bond donors (Lipinski definition) is 0. The van der Waals surface area contributed by atoms with Crippen molar-refractivity contribution in [2.24, 2.45) is 0 Å². The first kappa shape index (κ1) is 26.5. The molecular weight excluding hydrogens is 500 g/mol. The molecule has 190 valence electrons. The number of likely N-dealkylation sites (N-methyl/N-ethyl adjacent to an activating group) is 1. The van der Waals surface area contributed by atoms with Gasteiger partial charge in [-0.3, -0.25) is 9.69 Å². The van der Waals surface area contributed by atoms with Crippen LogP contribution in [0.25, 0.3) is 10.2 Å². The predicted octanol–water partition coefficient (Wildman–Crippen LogP) is 5.56. The van der Waals surface area contributed by atoms with Gasteiger partial charge in [0.05, 0.1) is 25.3 Å². The number of nitrogens with zero attached hydrogens (tertiary/aromatic N) is 3. The molecule has 0 spiro atoms. The molecule has 0 aliphatic carbocycles. The van der Waals surface area contributed by atoms with Crippen molar-refractivity contribution in [2.75, 3.05) is 46.3 Å². The number of aromatic nitrogens is 1. The molecule has 0 saturated heterocycles. The van der Waals surface area contributed by atoms with Gasteiger partial charge in [-0.05, 0) is 44.4 Å². The molecule has 2 aromatic carbocycles. The summed E-state index contributed by atoms with van der Waals surface area (Å²) in [5.41, 5.74) is -3.56. The standard InChI is InChI=1S/C22H21F6N3O3S/c1-30(2)7-8-31(20-29-17-15(33-3)5-6-16(34-4)18(17)35-20)19(32)12-9-13(21(23,24)25)11-14(10-12)22(26,27)28/h5-6,9-11H,7-8H2,1-4H3. The van der Waals surface area contributed by atoms with Crippen LogP contribution in [0.2, 0.25) is 0 Å². The fourth-order valence-electron chi connectivity index (χ4n) is 3.21. The summed E-state index contributed by atoms with van der Waals surface area (Å²) in [5, 5.41) is 0.0700. The highest BCUT2D eigenvalue weighted by Gasteiger charge is 2.38. The minimum absolute atomic E-state index is 0.0195. The molecule has 1 amide bonds. The Labute approximate surface area is 200 Å². The second kappa shape index (κ2) is 9.90. The molecular formula is C22H21F6N3O3S. The number of halogens is 6. The molecule has 0 unspecified atom stereocenters. The molecule has 13 heteroatoms. The van der Waals surface area contributed by atoms with Crippen molar-refractivity contribution in [1.29, 1.82) is 0 Å². The zero-order chi connectivity index (χ0) is 26.1. The highest BCUT2D eigenvalue weighted by Crippen LogP contribution is 2.41. The van der Waals surface area contributed by atoms with E-state index in [9.17, 15) is 31.1 Å². The summed E-state index contributed by atoms with van der Waals surface area (Å²) < 4.78 is 91.2. The molecule has 3 rings (SSSR count). The highest BCUT2D eigenvalue weighted by atomic mass is 32.1. The minimum Gasteiger partial charge on any atom is -0.495 e. The van der Waals surface area contributed by atoms with Gasteiger partial charge < -0.3 is 14.4 Å².